The highest BCUT2D eigenvalue weighted by molar-refractivity contribution is 8.23. The fourth-order valence-corrected chi connectivity index (χ4v) is 0.705. The number of thioether (sulfide) groups is 1. The molecule has 2 N–H and O–H groups in total. The van der Waals surface area contributed by atoms with Crippen molar-refractivity contribution in [2.45, 2.75) is 0 Å². The lowest BCUT2D eigenvalue weighted by atomic mass is 10.8. The van der Waals surface area contributed by atoms with E-state index in [0.717, 1.165) is 5.75 Å². The lowest BCUT2D eigenvalue weighted by Gasteiger charge is -1.94. The zero-order valence-electron chi connectivity index (χ0n) is 4.26. The Balaban J connectivity index is 3.11. The molecule has 0 heterocycles. The van der Waals surface area contributed by atoms with Crippen molar-refractivity contribution in [3.05, 3.63) is 12.7 Å². The van der Waals surface area contributed by atoms with Gasteiger partial charge in [0.15, 0.2) is 4.32 Å². The van der Waals surface area contributed by atoms with E-state index in [0.29, 0.717) is 4.32 Å². The Labute approximate surface area is 57.9 Å². The summed E-state index contributed by atoms with van der Waals surface area (Å²) in [4.78, 5) is 0. The maximum Gasteiger partial charge on any atom is 0.157 e. The number of nitrogens with one attached hydrogen (secondary N) is 1. The van der Waals surface area contributed by atoms with Gasteiger partial charge in [-0.1, -0.05) is 30.1 Å². The molecule has 0 saturated carbocycles. The monoisotopic (exact) mass is 149 g/mol. The molecule has 0 bridgehead atoms. The third-order valence-electron chi connectivity index (χ3n) is 0.424. The molecule has 0 rings (SSSR count). The van der Waals surface area contributed by atoms with E-state index in [4.69, 9.17) is 5.21 Å². The average molecular weight is 149 g/mol. The zero-order valence-corrected chi connectivity index (χ0v) is 5.89. The van der Waals surface area contributed by atoms with Crippen molar-refractivity contribution in [3.8, 4) is 0 Å². The second-order valence-corrected chi connectivity index (χ2v) is 2.70. The van der Waals surface area contributed by atoms with Crippen molar-refractivity contribution < 1.29 is 5.21 Å². The molecule has 0 aliphatic rings. The second-order valence-electron chi connectivity index (χ2n) is 0.999. The normalized spacial score (nSPS) is 8.12. The highest BCUT2D eigenvalue weighted by Crippen LogP contribution is 1.99. The van der Waals surface area contributed by atoms with E-state index in [1.807, 2.05) is 5.48 Å². The van der Waals surface area contributed by atoms with Crippen molar-refractivity contribution in [2.24, 2.45) is 0 Å². The van der Waals surface area contributed by atoms with Crippen molar-refractivity contribution in [1.29, 1.82) is 0 Å². The highest BCUT2D eigenvalue weighted by Gasteiger charge is 1.88. The Morgan fingerprint density at radius 1 is 2.00 bits per heavy atom. The van der Waals surface area contributed by atoms with E-state index in [1.54, 1.807) is 6.08 Å². The van der Waals surface area contributed by atoms with Gasteiger partial charge in [0.05, 0.1) is 0 Å². The molecule has 2 nitrogen and oxygen atoms in total. The van der Waals surface area contributed by atoms with Crippen LogP contribution in [0.25, 0.3) is 0 Å². The van der Waals surface area contributed by atoms with E-state index in [1.165, 1.54) is 11.8 Å². The molecule has 0 aromatic carbocycles. The van der Waals surface area contributed by atoms with Gasteiger partial charge in [-0.05, 0) is 0 Å². The zero-order chi connectivity index (χ0) is 6.41. The molecule has 4 heteroatoms. The molecular formula is C4H7NOS2. The third kappa shape index (κ3) is 4.11. The van der Waals surface area contributed by atoms with Crippen LogP contribution < -0.4 is 5.48 Å². The van der Waals surface area contributed by atoms with Crippen molar-refractivity contribution in [1.82, 2.24) is 5.48 Å². The van der Waals surface area contributed by atoms with Crippen LogP contribution in [0, 0.1) is 0 Å². The highest BCUT2D eigenvalue weighted by atomic mass is 32.2. The Bertz CT molecular complexity index is 94.0. The molecule has 0 amide bonds. The van der Waals surface area contributed by atoms with Gasteiger partial charge in [0.2, 0.25) is 0 Å². The van der Waals surface area contributed by atoms with Crippen LogP contribution in [0.15, 0.2) is 12.7 Å². The van der Waals surface area contributed by atoms with Crippen LogP contribution in [-0.4, -0.2) is 15.3 Å². The number of hydroxylamine groups is 1. The first-order valence-electron chi connectivity index (χ1n) is 1.99. The van der Waals surface area contributed by atoms with E-state index >= 15 is 0 Å². The van der Waals surface area contributed by atoms with Crippen LogP contribution in [0.1, 0.15) is 0 Å². The lowest BCUT2D eigenvalue weighted by Crippen LogP contribution is -2.11. The van der Waals surface area contributed by atoms with Gasteiger partial charge in [-0.2, -0.15) is 0 Å². The summed E-state index contributed by atoms with van der Waals surface area (Å²) in [6.07, 6.45) is 1.72. The predicted molar refractivity (Wildman–Crippen MR) is 40.2 cm³/mol. The molecule has 0 aromatic heterocycles. The molecule has 0 radical (unpaired) electrons. The van der Waals surface area contributed by atoms with E-state index in [9.17, 15) is 0 Å². The molecule has 0 aliphatic heterocycles. The summed E-state index contributed by atoms with van der Waals surface area (Å²) in [7, 11) is 0. The molecule has 0 atom stereocenters. The van der Waals surface area contributed by atoms with Gasteiger partial charge in [0, 0.05) is 5.75 Å². The molecule has 46 valence electrons. The van der Waals surface area contributed by atoms with Crippen molar-refractivity contribution in [2.75, 3.05) is 5.75 Å². The summed E-state index contributed by atoms with van der Waals surface area (Å²) < 4.78 is 0.380. The van der Waals surface area contributed by atoms with Crippen LogP contribution >= 0.6 is 24.0 Å². The van der Waals surface area contributed by atoms with Crippen LogP contribution in [0.4, 0.5) is 0 Å². The largest absolute Gasteiger partial charge is 0.290 e. The minimum Gasteiger partial charge on any atom is -0.290 e. The van der Waals surface area contributed by atoms with Crippen LogP contribution in [-0.2, 0) is 0 Å². The predicted octanol–water partition coefficient (Wildman–Crippen LogP) is 1.17. The SMILES string of the molecule is C=CCSC(=S)NO. The maximum absolute atomic E-state index is 8.12. The van der Waals surface area contributed by atoms with Crippen molar-refractivity contribution >= 4 is 28.3 Å². The van der Waals surface area contributed by atoms with Gasteiger partial charge in [-0.25, -0.2) is 0 Å². The maximum atomic E-state index is 8.12. The van der Waals surface area contributed by atoms with Gasteiger partial charge in [0.25, 0.3) is 0 Å². The van der Waals surface area contributed by atoms with Gasteiger partial charge in [-0.3, -0.25) is 10.7 Å². The van der Waals surface area contributed by atoms with E-state index in [2.05, 4.69) is 18.8 Å². The standard InChI is InChI=1S/C4H7NOS2/c1-2-3-8-4(7)5-6/h2,6H,1,3H2,(H,5,7). The summed E-state index contributed by atoms with van der Waals surface area (Å²) >= 11 is 5.90. The van der Waals surface area contributed by atoms with Crippen LogP contribution in [0.5, 0.6) is 0 Å². The quantitative estimate of drug-likeness (QED) is 0.351. The minimum absolute atomic E-state index is 0.380. The van der Waals surface area contributed by atoms with Crippen LogP contribution in [0.3, 0.4) is 0 Å². The number of hydrogen-bond acceptors (Lipinski definition) is 3. The topological polar surface area (TPSA) is 32.3 Å². The fraction of sp³-hybridized carbons (Fsp3) is 0.250. The number of rotatable bonds is 2. The van der Waals surface area contributed by atoms with E-state index < -0.39 is 0 Å². The Morgan fingerprint density at radius 2 is 2.62 bits per heavy atom. The Hall–Kier alpha value is -0.0600. The summed E-state index contributed by atoms with van der Waals surface area (Å²) in [6.45, 7) is 3.48. The first kappa shape index (κ1) is 7.94. The third-order valence-corrected chi connectivity index (χ3v) is 1.62. The minimum atomic E-state index is 0.380. The summed E-state index contributed by atoms with van der Waals surface area (Å²) in [5, 5.41) is 8.12. The second kappa shape index (κ2) is 5.08. The molecule has 0 fully saturated rings. The van der Waals surface area contributed by atoms with Gasteiger partial charge < -0.3 is 0 Å². The summed E-state index contributed by atoms with van der Waals surface area (Å²) in [6, 6.07) is 0. The van der Waals surface area contributed by atoms with Gasteiger partial charge in [0.1, 0.15) is 0 Å². The molecule has 0 aliphatic carbocycles. The Kier molecular flexibility index (Phi) is 5.05. The van der Waals surface area contributed by atoms with Crippen molar-refractivity contribution in [3.63, 3.8) is 0 Å². The fourth-order valence-electron chi connectivity index (χ4n) is 0.167. The summed E-state index contributed by atoms with van der Waals surface area (Å²) in [5.74, 6) is 0.729. The molecule has 0 saturated heterocycles. The molecule has 0 spiro atoms. The van der Waals surface area contributed by atoms with Crippen LogP contribution in [0.2, 0.25) is 0 Å². The molecule has 0 unspecified atom stereocenters. The average Bonchev–Trinajstić information content (AvgIpc) is 1.83. The number of thiocarbonyl (C=S) groups is 1. The smallest absolute Gasteiger partial charge is 0.157 e. The molecule has 0 aromatic rings. The van der Waals surface area contributed by atoms with E-state index in [-0.39, 0.29) is 0 Å². The summed E-state index contributed by atoms with van der Waals surface area (Å²) in [5.41, 5.74) is 1.85. The first-order chi connectivity index (χ1) is 3.81. The lowest BCUT2D eigenvalue weighted by molar-refractivity contribution is 0.240. The molecular weight excluding hydrogens is 142 g/mol. The first-order valence-corrected chi connectivity index (χ1v) is 3.38. The number of hydrogen-bond donors (Lipinski definition) is 2. The van der Waals surface area contributed by atoms with Gasteiger partial charge in [-0.15, -0.1) is 6.58 Å². The Morgan fingerprint density at radius 3 is 3.00 bits per heavy atom. The molecule has 8 heavy (non-hydrogen) atoms. The van der Waals surface area contributed by atoms with Gasteiger partial charge >= 0.3 is 0 Å².